The van der Waals surface area contributed by atoms with Crippen LogP contribution in [-0.4, -0.2) is 52.6 Å². The van der Waals surface area contributed by atoms with Gasteiger partial charge in [0, 0.05) is 6.54 Å². The van der Waals surface area contributed by atoms with Crippen molar-refractivity contribution in [2.24, 2.45) is 5.92 Å². The zero-order chi connectivity index (χ0) is 25.9. The van der Waals surface area contributed by atoms with Gasteiger partial charge in [0.1, 0.15) is 30.0 Å². The van der Waals surface area contributed by atoms with Crippen molar-refractivity contribution in [1.82, 2.24) is 15.5 Å². The maximum Gasteiger partial charge on any atom is 0.408 e. The molecular weight excluding hydrogens is 436 g/mol. The zero-order valence-corrected chi connectivity index (χ0v) is 21.1. The molecule has 0 aliphatic heterocycles. The average molecular weight is 475 g/mol. The van der Waals surface area contributed by atoms with Crippen molar-refractivity contribution in [2.75, 3.05) is 13.1 Å². The lowest BCUT2D eigenvalue weighted by atomic mass is 9.95. The number of nitrogens with zero attached hydrogens (tertiary/aromatic N) is 2. The molecule has 3 amide bonds. The molecule has 0 spiro atoms. The second kappa shape index (κ2) is 13.4. The van der Waals surface area contributed by atoms with E-state index in [1.54, 1.807) is 27.7 Å². The van der Waals surface area contributed by atoms with Gasteiger partial charge in [0.15, 0.2) is 0 Å². The minimum Gasteiger partial charge on any atom is -0.508 e. The minimum absolute atomic E-state index is 0.0103. The van der Waals surface area contributed by atoms with Crippen molar-refractivity contribution in [3.63, 3.8) is 0 Å². The molecule has 1 aromatic carbocycles. The van der Waals surface area contributed by atoms with Crippen molar-refractivity contribution in [2.45, 2.75) is 78.5 Å². The Morgan fingerprint density at radius 2 is 1.79 bits per heavy atom. The van der Waals surface area contributed by atoms with Crippen LogP contribution in [0, 0.1) is 17.2 Å². The van der Waals surface area contributed by atoms with E-state index in [1.165, 1.54) is 29.2 Å². The molecule has 0 aliphatic rings. The third-order valence-electron chi connectivity index (χ3n) is 5.27. The lowest BCUT2D eigenvalue weighted by Gasteiger charge is -2.34. The third kappa shape index (κ3) is 8.93. The number of rotatable bonds is 11. The Morgan fingerprint density at radius 1 is 1.18 bits per heavy atom. The van der Waals surface area contributed by atoms with Crippen molar-refractivity contribution in [1.29, 1.82) is 5.26 Å². The molecule has 0 bridgehead atoms. The quantitative estimate of drug-likeness (QED) is 0.331. The van der Waals surface area contributed by atoms with Gasteiger partial charge in [0.25, 0.3) is 0 Å². The van der Waals surface area contributed by atoms with E-state index in [2.05, 4.69) is 10.6 Å². The Kier molecular flexibility index (Phi) is 11.4. The molecule has 0 saturated heterocycles. The third-order valence-corrected chi connectivity index (χ3v) is 5.27. The van der Waals surface area contributed by atoms with Gasteiger partial charge in [-0.3, -0.25) is 9.59 Å². The first-order chi connectivity index (χ1) is 15.9. The van der Waals surface area contributed by atoms with E-state index in [9.17, 15) is 24.8 Å². The highest BCUT2D eigenvalue weighted by atomic mass is 16.6. The number of nitriles is 1. The topological polar surface area (TPSA) is 132 Å². The highest BCUT2D eigenvalue weighted by Crippen LogP contribution is 2.26. The fraction of sp³-hybridized carbons (Fsp3) is 0.600. The highest BCUT2D eigenvalue weighted by Gasteiger charge is 2.38. The summed E-state index contributed by atoms with van der Waals surface area (Å²) < 4.78 is 5.33. The molecular formula is C25H38N4O5. The molecule has 9 nitrogen and oxygen atoms in total. The number of hydrogen-bond acceptors (Lipinski definition) is 6. The van der Waals surface area contributed by atoms with E-state index in [-0.39, 0.29) is 18.2 Å². The number of carbonyl (C=O) groups excluding carboxylic acids is 3. The van der Waals surface area contributed by atoms with Gasteiger partial charge in [-0.2, -0.15) is 5.26 Å². The van der Waals surface area contributed by atoms with E-state index >= 15 is 0 Å². The van der Waals surface area contributed by atoms with Gasteiger partial charge in [0.2, 0.25) is 11.8 Å². The highest BCUT2D eigenvalue weighted by molar-refractivity contribution is 5.92. The first-order valence-corrected chi connectivity index (χ1v) is 11.7. The normalized spacial score (nSPS) is 13.7. The summed E-state index contributed by atoms with van der Waals surface area (Å²) in [7, 11) is 0. The summed E-state index contributed by atoms with van der Waals surface area (Å²) in [6.07, 6.45) is 1.45. The molecule has 3 N–H and O–H groups in total. The van der Waals surface area contributed by atoms with Crippen molar-refractivity contribution in [3.05, 3.63) is 29.8 Å². The van der Waals surface area contributed by atoms with E-state index in [0.29, 0.717) is 18.5 Å². The van der Waals surface area contributed by atoms with Gasteiger partial charge in [-0.1, -0.05) is 45.7 Å². The van der Waals surface area contributed by atoms with Crippen LogP contribution in [0.25, 0.3) is 0 Å². The maximum atomic E-state index is 13.7. The number of benzene rings is 1. The molecule has 0 saturated carbocycles. The molecule has 0 aliphatic carbocycles. The van der Waals surface area contributed by atoms with E-state index in [1.807, 2.05) is 19.9 Å². The number of carbonyl (C=O) groups is 3. The lowest BCUT2D eigenvalue weighted by molar-refractivity contribution is -0.142. The number of amides is 3. The second-order valence-corrected chi connectivity index (χ2v) is 9.27. The predicted molar refractivity (Wildman–Crippen MR) is 129 cm³/mol. The molecule has 0 radical (unpaired) electrons. The van der Waals surface area contributed by atoms with Gasteiger partial charge in [-0.05, 0) is 50.8 Å². The average Bonchev–Trinajstić information content (AvgIpc) is 2.76. The summed E-state index contributed by atoms with van der Waals surface area (Å²) >= 11 is 0. The first kappa shape index (κ1) is 28.8. The Hall–Kier alpha value is -3.28. The molecule has 0 fully saturated rings. The van der Waals surface area contributed by atoms with Crippen LogP contribution < -0.4 is 10.6 Å². The van der Waals surface area contributed by atoms with E-state index in [4.69, 9.17) is 4.74 Å². The van der Waals surface area contributed by atoms with Gasteiger partial charge in [-0.15, -0.1) is 0 Å². The maximum absolute atomic E-state index is 13.7. The van der Waals surface area contributed by atoms with E-state index < -0.39 is 35.6 Å². The number of phenolic OH excluding ortho intramolecular Hbond substituents is 1. The molecule has 0 aromatic heterocycles. The van der Waals surface area contributed by atoms with Crippen LogP contribution in [0.2, 0.25) is 0 Å². The van der Waals surface area contributed by atoms with Crippen LogP contribution in [-0.2, 0) is 14.3 Å². The molecule has 3 atom stereocenters. The molecule has 1 aromatic rings. The molecule has 1 rings (SSSR count). The molecule has 188 valence electrons. The van der Waals surface area contributed by atoms with Crippen molar-refractivity contribution < 1.29 is 24.2 Å². The van der Waals surface area contributed by atoms with Crippen LogP contribution in [0.15, 0.2) is 24.3 Å². The zero-order valence-electron chi connectivity index (χ0n) is 21.1. The summed E-state index contributed by atoms with van der Waals surface area (Å²) in [6.45, 7) is 10.9. The van der Waals surface area contributed by atoms with E-state index in [0.717, 1.165) is 12.8 Å². The summed E-state index contributed by atoms with van der Waals surface area (Å²) in [5.41, 5.74) is -0.316. The molecule has 3 unspecified atom stereocenters. The molecule has 34 heavy (non-hydrogen) atoms. The number of hydrogen-bond donors (Lipinski definition) is 3. The summed E-state index contributed by atoms with van der Waals surface area (Å²) in [4.78, 5) is 40.6. The Bertz CT molecular complexity index is 858. The van der Waals surface area contributed by atoms with Gasteiger partial charge < -0.3 is 25.4 Å². The van der Waals surface area contributed by atoms with Gasteiger partial charge in [-0.25, -0.2) is 4.79 Å². The van der Waals surface area contributed by atoms with Crippen LogP contribution in [0.3, 0.4) is 0 Å². The molecule has 0 heterocycles. The Labute approximate surface area is 202 Å². The number of nitrogens with one attached hydrogen (secondary N) is 2. The second-order valence-electron chi connectivity index (χ2n) is 9.27. The summed E-state index contributed by atoms with van der Waals surface area (Å²) in [5, 5.41) is 24.7. The SMILES string of the molecule is CCCCNC(=O)C(c1ccc(O)cc1)N(CC#N)C(=O)C(NC(=O)OC(C)(C)C)C(C)CC. The first-order valence-electron chi connectivity index (χ1n) is 11.7. The Balaban J connectivity index is 3.39. The largest absolute Gasteiger partial charge is 0.508 e. The smallest absolute Gasteiger partial charge is 0.408 e. The monoisotopic (exact) mass is 474 g/mol. The predicted octanol–water partition coefficient (Wildman–Crippen LogP) is 3.64. The van der Waals surface area contributed by atoms with Crippen molar-refractivity contribution in [3.8, 4) is 11.8 Å². The van der Waals surface area contributed by atoms with Crippen LogP contribution >= 0.6 is 0 Å². The number of phenols is 1. The molecule has 9 heteroatoms. The fourth-order valence-electron chi connectivity index (χ4n) is 3.28. The number of alkyl carbamates (subject to hydrolysis) is 1. The van der Waals surface area contributed by atoms with Crippen molar-refractivity contribution >= 4 is 17.9 Å². The fourth-order valence-corrected chi connectivity index (χ4v) is 3.28. The van der Waals surface area contributed by atoms with Gasteiger partial charge in [0.05, 0.1) is 6.07 Å². The Morgan fingerprint density at radius 3 is 2.29 bits per heavy atom. The number of aromatic hydroxyl groups is 1. The summed E-state index contributed by atoms with van der Waals surface area (Å²) in [5.74, 6) is -1.28. The standard InChI is InChI=1S/C25H38N4O5/c1-7-9-15-27-22(31)21(18-10-12-19(30)13-11-18)29(16-14-26)23(32)20(17(3)8-2)28-24(33)34-25(4,5)6/h10-13,17,20-21,30H,7-9,15-16H2,1-6H3,(H,27,31)(H,28,33). The van der Waals surface area contributed by atoms with Crippen LogP contribution in [0.4, 0.5) is 4.79 Å². The summed E-state index contributed by atoms with van der Waals surface area (Å²) in [6, 6.07) is 5.76. The lowest BCUT2D eigenvalue weighted by Crippen LogP contribution is -2.55. The van der Waals surface area contributed by atoms with Gasteiger partial charge >= 0.3 is 6.09 Å². The number of unbranched alkanes of at least 4 members (excludes halogenated alkanes) is 1. The van der Waals surface area contributed by atoms with Crippen LogP contribution in [0.5, 0.6) is 5.75 Å². The van der Waals surface area contributed by atoms with Crippen LogP contribution in [0.1, 0.15) is 72.4 Å². The number of ether oxygens (including phenoxy) is 1. The minimum atomic E-state index is -1.11.